The lowest BCUT2D eigenvalue weighted by Gasteiger charge is -2.30. The minimum Gasteiger partial charge on any atom is -0.465 e. The van der Waals surface area contributed by atoms with Gasteiger partial charge in [-0.15, -0.1) is 0 Å². The summed E-state index contributed by atoms with van der Waals surface area (Å²) in [6, 6.07) is 15.5. The number of ketones is 1. The topological polar surface area (TPSA) is 55.4 Å². The smallest absolute Gasteiger partial charge is 0.340 e. The number of carbonyl (C=O) groups is 2. The van der Waals surface area contributed by atoms with Gasteiger partial charge in [-0.25, -0.2) is 4.79 Å². The fourth-order valence-electron chi connectivity index (χ4n) is 4.23. The summed E-state index contributed by atoms with van der Waals surface area (Å²) in [4.78, 5) is 27.9. The van der Waals surface area contributed by atoms with E-state index in [4.69, 9.17) is 16.3 Å². The van der Waals surface area contributed by atoms with Crippen LogP contribution in [0.1, 0.15) is 39.1 Å². The van der Waals surface area contributed by atoms with Crippen molar-refractivity contribution >= 4 is 46.5 Å². The van der Waals surface area contributed by atoms with Crippen LogP contribution in [-0.2, 0) is 11.2 Å². The Morgan fingerprint density at radius 3 is 2.60 bits per heavy atom. The van der Waals surface area contributed by atoms with Crippen molar-refractivity contribution in [3.05, 3.63) is 70.2 Å². The van der Waals surface area contributed by atoms with Crippen LogP contribution < -0.4 is 5.32 Å². The fourth-order valence-corrected chi connectivity index (χ4v) is 5.53. The summed E-state index contributed by atoms with van der Waals surface area (Å²) in [5, 5.41) is 4.09. The number of hydrogen-bond donors (Lipinski definition) is 1. The van der Waals surface area contributed by atoms with E-state index in [0.717, 1.165) is 38.6 Å². The normalized spacial score (nSPS) is 14.3. The molecule has 4 nitrogen and oxygen atoms in total. The number of ether oxygens (including phenoxy) is 1. The number of fused-ring (bicyclic) bond motifs is 3. The van der Waals surface area contributed by atoms with Crippen molar-refractivity contribution in [1.29, 1.82) is 0 Å². The molecule has 3 aromatic rings. The lowest BCUT2D eigenvalue weighted by atomic mass is 9.81. The molecule has 2 aliphatic rings. The molecule has 1 aliphatic carbocycles. The van der Waals surface area contributed by atoms with Gasteiger partial charge in [-0.2, -0.15) is 0 Å². The summed E-state index contributed by atoms with van der Waals surface area (Å²) >= 11 is 7.69. The first-order valence-electron chi connectivity index (χ1n) is 9.72. The molecule has 5 rings (SSSR count). The largest absolute Gasteiger partial charge is 0.465 e. The van der Waals surface area contributed by atoms with Gasteiger partial charge in [0.15, 0.2) is 5.78 Å². The van der Waals surface area contributed by atoms with Crippen molar-refractivity contribution < 1.29 is 14.3 Å². The molecule has 1 N–H and O–H groups in total. The molecule has 1 heterocycles. The predicted octanol–water partition coefficient (Wildman–Crippen LogP) is 6.52. The molecule has 0 radical (unpaired) electrons. The average Bonchev–Trinajstić information content (AvgIpc) is 2.77. The van der Waals surface area contributed by atoms with E-state index in [1.807, 2.05) is 48.5 Å². The monoisotopic (exact) mass is 435 g/mol. The molecule has 0 unspecified atom stereocenters. The maximum Gasteiger partial charge on any atom is 0.340 e. The fraction of sp³-hybridized carbons (Fsp3) is 0.167. The molecule has 0 saturated heterocycles. The van der Waals surface area contributed by atoms with Crippen LogP contribution in [0.15, 0.2) is 58.3 Å². The van der Waals surface area contributed by atoms with E-state index in [9.17, 15) is 9.59 Å². The Balaban J connectivity index is 1.88. The zero-order chi connectivity index (χ0) is 20.8. The highest BCUT2D eigenvalue weighted by Crippen LogP contribution is 2.53. The average molecular weight is 436 g/mol. The number of esters is 1. The molecule has 1 aliphatic heterocycles. The Hall–Kier alpha value is -2.76. The maximum atomic E-state index is 13.1. The number of carbonyl (C=O) groups excluding carboxylic acids is 2. The van der Waals surface area contributed by atoms with Crippen LogP contribution in [0, 0.1) is 0 Å². The SMILES string of the molecule is COC(=O)c1c2c(c(-c3ccc(Cl)cc3)c3c1Nc1ccccc1S3)C(=O)CCC2. The van der Waals surface area contributed by atoms with Gasteiger partial charge in [0.25, 0.3) is 0 Å². The molecule has 30 heavy (non-hydrogen) atoms. The van der Waals surface area contributed by atoms with Crippen LogP contribution in [0.2, 0.25) is 5.02 Å². The third-order valence-corrected chi connectivity index (χ3v) is 6.99. The van der Waals surface area contributed by atoms with E-state index in [2.05, 4.69) is 5.32 Å². The molecule has 3 aromatic carbocycles. The van der Waals surface area contributed by atoms with Gasteiger partial charge in [-0.1, -0.05) is 47.6 Å². The predicted molar refractivity (Wildman–Crippen MR) is 119 cm³/mol. The van der Waals surface area contributed by atoms with E-state index in [0.29, 0.717) is 34.7 Å². The lowest BCUT2D eigenvalue weighted by molar-refractivity contribution is 0.0600. The van der Waals surface area contributed by atoms with Crippen molar-refractivity contribution in [2.45, 2.75) is 29.1 Å². The number of anilines is 2. The molecule has 0 spiro atoms. The van der Waals surface area contributed by atoms with Gasteiger partial charge in [0.2, 0.25) is 0 Å². The van der Waals surface area contributed by atoms with Gasteiger partial charge in [0.1, 0.15) is 0 Å². The van der Waals surface area contributed by atoms with Gasteiger partial charge in [0.05, 0.1) is 24.0 Å². The van der Waals surface area contributed by atoms with E-state index < -0.39 is 5.97 Å². The second-order valence-electron chi connectivity index (χ2n) is 7.31. The van der Waals surface area contributed by atoms with E-state index >= 15 is 0 Å². The highest BCUT2D eigenvalue weighted by molar-refractivity contribution is 8.00. The van der Waals surface area contributed by atoms with Crippen molar-refractivity contribution in [2.75, 3.05) is 12.4 Å². The number of nitrogens with one attached hydrogen (secondary N) is 1. The summed E-state index contributed by atoms with van der Waals surface area (Å²) in [7, 11) is 1.38. The van der Waals surface area contributed by atoms with Crippen LogP contribution in [0.25, 0.3) is 11.1 Å². The summed E-state index contributed by atoms with van der Waals surface area (Å²) in [6.45, 7) is 0. The number of benzene rings is 3. The van der Waals surface area contributed by atoms with Crippen LogP contribution in [0.5, 0.6) is 0 Å². The van der Waals surface area contributed by atoms with Crippen molar-refractivity contribution in [2.24, 2.45) is 0 Å². The number of methoxy groups -OCH3 is 1. The van der Waals surface area contributed by atoms with Crippen LogP contribution >= 0.6 is 23.4 Å². The number of Topliss-reactive ketones (excluding diaryl/α,β-unsaturated/α-hetero) is 1. The number of hydrogen-bond acceptors (Lipinski definition) is 5. The Labute approximate surface area is 183 Å². The molecule has 6 heteroatoms. The van der Waals surface area contributed by atoms with Crippen molar-refractivity contribution in [3.8, 4) is 11.1 Å². The first-order valence-corrected chi connectivity index (χ1v) is 10.9. The third kappa shape index (κ3) is 3.01. The molecule has 0 fully saturated rings. The third-order valence-electron chi connectivity index (χ3n) is 5.55. The molecule has 0 saturated carbocycles. The van der Waals surface area contributed by atoms with Gasteiger partial charge in [-0.05, 0) is 48.2 Å². The van der Waals surface area contributed by atoms with E-state index in [1.54, 1.807) is 11.8 Å². The summed E-state index contributed by atoms with van der Waals surface area (Å²) < 4.78 is 5.14. The quantitative estimate of drug-likeness (QED) is 0.363. The summed E-state index contributed by atoms with van der Waals surface area (Å²) in [6.07, 6.45) is 1.85. The first kappa shape index (κ1) is 19.2. The summed E-state index contributed by atoms with van der Waals surface area (Å²) in [5.74, 6) is -0.360. The Kier molecular flexibility index (Phi) is 4.80. The second-order valence-corrected chi connectivity index (χ2v) is 8.79. The molecule has 0 amide bonds. The van der Waals surface area contributed by atoms with E-state index in [-0.39, 0.29) is 5.78 Å². The Morgan fingerprint density at radius 1 is 1.07 bits per heavy atom. The molecule has 0 atom stereocenters. The highest BCUT2D eigenvalue weighted by atomic mass is 35.5. The van der Waals surface area contributed by atoms with Crippen LogP contribution in [0.4, 0.5) is 11.4 Å². The van der Waals surface area contributed by atoms with Crippen LogP contribution in [-0.4, -0.2) is 18.9 Å². The lowest BCUT2D eigenvalue weighted by Crippen LogP contribution is -2.21. The molecule has 150 valence electrons. The number of halogens is 1. The molecular formula is C24H18ClNO3S. The second kappa shape index (κ2) is 7.49. The maximum absolute atomic E-state index is 13.1. The van der Waals surface area contributed by atoms with Crippen LogP contribution in [0.3, 0.4) is 0 Å². The van der Waals surface area contributed by atoms with Gasteiger partial charge in [0, 0.05) is 32.4 Å². The zero-order valence-electron chi connectivity index (χ0n) is 16.3. The van der Waals surface area contributed by atoms with Gasteiger partial charge >= 0.3 is 5.97 Å². The standard InChI is InChI=1S/C24H18ClNO3S/c1-29-24(28)21-15-5-4-7-17(27)20(15)19(13-9-11-14(25)12-10-13)23-22(21)26-16-6-2-3-8-18(16)30-23/h2-3,6,8-12,26H,4-5,7H2,1H3. The summed E-state index contributed by atoms with van der Waals surface area (Å²) in [5.41, 5.74) is 5.29. The Bertz CT molecular complexity index is 1200. The highest BCUT2D eigenvalue weighted by Gasteiger charge is 2.35. The number of rotatable bonds is 2. The minimum absolute atomic E-state index is 0.0635. The van der Waals surface area contributed by atoms with Crippen molar-refractivity contribution in [3.63, 3.8) is 0 Å². The zero-order valence-corrected chi connectivity index (χ0v) is 17.8. The first-order chi connectivity index (χ1) is 14.6. The minimum atomic E-state index is -0.424. The van der Waals surface area contributed by atoms with Gasteiger partial charge in [-0.3, -0.25) is 4.79 Å². The Morgan fingerprint density at radius 2 is 1.83 bits per heavy atom. The molecule has 0 bridgehead atoms. The van der Waals surface area contributed by atoms with E-state index in [1.165, 1.54) is 7.11 Å². The number of para-hydroxylation sites is 1. The van der Waals surface area contributed by atoms with Crippen molar-refractivity contribution in [1.82, 2.24) is 0 Å². The molecule has 0 aromatic heterocycles. The van der Waals surface area contributed by atoms with Gasteiger partial charge < -0.3 is 10.1 Å². The molecular weight excluding hydrogens is 418 g/mol.